The second kappa shape index (κ2) is 31.4. The molecule has 276 valence electrons. The minimum Gasteiger partial charge on any atom is -0.388 e. The van der Waals surface area contributed by atoms with E-state index in [1.165, 1.54) is 86.0 Å². The Morgan fingerprint density at radius 2 is 1.54 bits per heavy atom. The van der Waals surface area contributed by atoms with Crippen LogP contribution < -0.4 is 22.1 Å². The van der Waals surface area contributed by atoms with Crippen LogP contribution in [0.2, 0.25) is 0 Å². The first-order valence-corrected chi connectivity index (χ1v) is 18.8. The summed E-state index contributed by atoms with van der Waals surface area (Å²) in [6.45, 7) is 30.4. The summed E-state index contributed by atoms with van der Waals surface area (Å²) in [5.41, 5.74) is 17.4. The van der Waals surface area contributed by atoms with Crippen LogP contribution in [0.15, 0.2) is 68.1 Å². The SMILES string of the molecule is C=CC(C)NC(=O)CN.C=CCCCCCN1C(=C)CCC1=C.CCC.CCCC(C)CC(C)CCc1cc(NC)ccc1CCCN. The Morgan fingerprint density at radius 1 is 0.917 bits per heavy atom. The van der Waals surface area contributed by atoms with Crippen LogP contribution in [0.3, 0.4) is 0 Å². The molecule has 0 radical (unpaired) electrons. The zero-order valence-corrected chi connectivity index (χ0v) is 32.5. The third-order valence-corrected chi connectivity index (χ3v) is 8.32. The fourth-order valence-electron chi connectivity index (χ4n) is 5.57. The van der Waals surface area contributed by atoms with E-state index in [-0.39, 0.29) is 18.5 Å². The van der Waals surface area contributed by atoms with Crippen molar-refractivity contribution in [2.24, 2.45) is 23.3 Å². The van der Waals surface area contributed by atoms with Crippen molar-refractivity contribution in [3.63, 3.8) is 0 Å². The van der Waals surface area contributed by atoms with E-state index >= 15 is 0 Å². The Bertz CT molecular complexity index is 988. The standard InChI is InChI=1S/C20H36N2.C13H21N.C6H12N2O.C3H8/c1-5-7-16(2)14-17(3)9-10-19-15-20(22-4)12-11-18(19)8-6-13-21;1-4-5-6-7-8-11-14-12(2)9-10-13(14)3;1-3-5(2)8-6(9)4-7;1-3-2/h11-12,15-17,22H,5-10,13-14,21H2,1-4H3;4H,1-3,5-11H2;3,5H,1,4,7H2,2H3,(H,8,9);3H2,1-2H3. The van der Waals surface area contributed by atoms with Crippen molar-refractivity contribution in [2.45, 2.75) is 137 Å². The van der Waals surface area contributed by atoms with Gasteiger partial charge in [0.2, 0.25) is 5.91 Å². The molecule has 1 aromatic carbocycles. The number of hydrogen-bond acceptors (Lipinski definition) is 5. The molecule has 2 rings (SSSR count). The van der Waals surface area contributed by atoms with Crippen molar-refractivity contribution < 1.29 is 4.79 Å². The Morgan fingerprint density at radius 3 is 2.06 bits per heavy atom. The zero-order chi connectivity index (χ0) is 36.7. The number of rotatable bonds is 20. The highest BCUT2D eigenvalue weighted by molar-refractivity contribution is 5.78. The molecular formula is C42H77N5O. The van der Waals surface area contributed by atoms with Gasteiger partial charge in [0.05, 0.1) is 6.54 Å². The third-order valence-electron chi connectivity index (χ3n) is 8.32. The maximum absolute atomic E-state index is 10.5. The van der Waals surface area contributed by atoms with Crippen LogP contribution in [0, 0.1) is 11.8 Å². The summed E-state index contributed by atoms with van der Waals surface area (Å²) in [5.74, 6) is 1.52. The number of likely N-dealkylation sites (tertiary alicyclic amines) is 1. The highest BCUT2D eigenvalue weighted by Gasteiger charge is 2.17. The number of unbranched alkanes of at least 4 members (excludes halogenated alkanes) is 3. The van der Waals surface area contributed by atoms with Gasteiger partial charge in [0.25, 0.3) is 0 Å². The fraction of sp³-hybridized carbons (Fsp3) is 0.643. The van der Waals surface area contributed by atoms with E-state index in [0.717, 1.165) is 57.0 Å². The number of nitrogens with zero attached hydrogens (tertiary/aromatic N) is 1. The number of nitrogens with two attached hydrogens (primary N) is 2. The lowest BCUT2D eigenvalue weighted by Gasteiger charge is -2.20. The van der Waals surface area contributed by atoms with Gasteiger partial charge in [0.1, 0.15) is 0 Å². The van der Waals surface area contributed by atoms with Crippen LogP contribution >= 0.6 is 0 Å². The number of benzene rings is 1. The van der Waals surface area contributed by atoms with Gasteiger partial charge in [0.15, 0.2) is 0 Å². The van der Waals surface area contributed by atoms with Crippen LogP contribution in [0.1, 0.15) is 130 Å². The molecule has 0 aliphatic carbocycles. The topological polar surface area (TPSA) is 96.4 Å². The molecule has 1 aliphatic heterocycles. The highest BCUT2D eigenvalue weighted by Crippen LogP contribution is 2.28. The van der Waals surface area contributed by atoms with Crippen molar-refractivity contribution in [3.8, 4) is 0 Å². The smallest absolute Gasteiger partial charge is 0.234 e. The predicted molar refractivity (Wildman–Crippen MR) is 215 cm³/mol. The minimum absolute atomic E-state index is 0.0149. The molecule has 48 heavy (non-hydrogen) atoms. The summed E-state index contributed by atoms with van der Waals surface area (Å²) in [6, 6.07) is 6.80. The minimum atomic E-state index is -0.151. The van der Waals surface area contributed by atoms with E-state index in [9.17, 15) is 4.79 Å². The molecule has 0 spiro atoms. The number of carbonyl (C=O) groups excluding carboxylic acids is 1. The van der Waals surface area contributed by atoms with Gasteiger partial charge in [-0.25, -0.2) is 0 Å². The fourth-order valence-corrected chi connectivity index (χ4v) is 5.57. The number of aryl methyl sites for hydroxylation is 2. The van der Waals surface area contributed by atoms with Gasteiger partial charge in [0, 0.05) is 36.7 Å². The number of allylic oxidation sites excluding steroid dienone is 3. The Balaban J connectivity index is 0. The zero-order valence-electron chi connectivity index (χ0n) is 32.5. The summed E-state index contributed by atoms with van der Waals surface area (Å²) in [6.07, 6.45) is 20.7. The molecular weight excluding hydrogens is 590 g/mol. The maximum Gasteiger partial charge on any atom is 0.234 e. The molecule has 6 N–H and O–H groups in total. The second-order valence-electron chi connectivity index (χ2n) is 13.3. The van der Waals surface area contributed by atoms with Gasteiger partial charge >= 0.3 is 0 Å². The van der Waals surface area contributed by atoms with Crippen molar-refractivity contribution in [2.75, 3.05) is 32.0 Å². The summed E-state index contributed by atoms with van der Waals surface area (Å²) >= 11 is 0. The molecule has 3 atom stereocenters. The monoisotopic (exact) mass is 668 g/mol. The van der Waals surface area contributed by atoms with Crippen LogP contribution in [0.25, 0.3) is 0 Å². The summed E-state index contributed by atoms with van der Waals surface area (Å²) in [4.78, 5) is 12.8. The van der Waals surface area contributed by atoms with Gasteiger partial charge < -0.3 is 27.0 Å². The first-order chi connectivity index (χ1) is 23.0. The van der Waals surface area contributed by atoms with Gasteiger partial charge in [-0.05, 0) is 113 Å². The van der Waals surface area contributed by atoms with Gasteiger partial charge in [-0.2, -0.15) is 0 Å². The first kappa shape index (κ1) is 47.3. The quantitative estimate of drug-likeness (QED) is 0.0820. The third kappa shape index (κ3) is 24.3. The van der Waals surface area contributed by atoms with E-state index in [1.54, 1.807) is 6.08 Å². The van der Waals surface area contributed by atoms with Crippen molar-refractivity contribution in [1.29, 1.82) is 0 Å². The summed E-state index contributed by atoms with van der Waals surface area (Å²) in [7, 11) is 1.99. The van der Waals surface area contributed by atoms with Crippen LogP contribution in [-0.2, 0) is 17.6 Å². The van der Waals surface area contributed by atoms with Crippen LogP contribution in [-0.4, -0.2) is 43.5 Å². The molecule has 1 aromatic rings. The number of hydrogen-bond donors (Lipinski definition) is 4. The molecule has 1 heterocycles. The van der Waals surface area contributed by atoms with E-state index in [2.05, 4.69) is 94.7 Å². The second-order valence-corrected chi connectivity index (χ2v) is 13.3. The van der Waals surface area contributed by atoms with Gasteiger partial charge in [-0.1, -0.05) is 91.7 Å². The summed E-state index contributed by atoms with van der Waals surface area (Å²) in [5, 5.41) is 5.86. The number of anilines is 1. The predicted octanol–water partition coefficient (Wildman–Crippen LogP) is 9.92. The molecule has 6 nitrogen and oxygen atoms in total. The van der Waals surface area contributed by atoms with Crippen LogP contribution in [0.5, 0.6) is 0 Å². The number of amides is 1. The van der Waals surface area contributed by atoms with E-state index in [1.807, 2.05) is 20.0 Å². The molecule has 1 aliphatic rings. The molecule has 0 aromatic heterocycles. The lowest BCUT2D eigenvalue weighted by molar-refractivity contribution is -0.120. The molecule has 1 fully saturated rings. The van der Waals surface area contributed by atoms with Gasteiger partial charge in [-0.3, -0.25) is 4.79 Å². The van der Waals surface area contributed by atoms with E-state index in [0.29, 0.717) is 0 Å². The Labute approximate surface area is 298 Å². The van der Waals surface area contributed by atoms with Crippen LogP contribution in [0.4, 0.5) is 5.69 Å². The molecule has 6 heteroatoms. The largest absolute Gasteiger partial charge is 0.388 e. The van der Waals surface area contributed by atoms with E-state index in [4.69, 9.17) is 11.5 Å². The highest BCUT2D eigenvalue weighted by atomic mass is 16.1. The summed E-state index contributed by atoms with van der Waals surface area (Å²) < 4.78 is 0. The maximum atomic E-state index is 10.5. The average molecular weight is 668 g/mol. The van der Waals surface area contributed by atoms with Crippen molar-refractivity contribution in [3.05, 3.63) is 79.2 Å². The molecule has 0 bridgehead atoms. The lowest BCUT2D eigenvalue weighted by atomic mass is 9.88. The van der Waals surface area contributed by atoms with Gasteiger partial charge in [-0.15, -0.1) is 13.2 Å². The lowest BCUT2D eigenvalue weighted by Crippen LogP contribution is -2.35. The average Bonchev–Trinajstić information content (AvgIpc) is 3.39. The van der Waals surface area contributed by atoms with Crippen molar-refractivity contribution >= 4 is 11.6 Å². The van der Waals surface area contributed by atoms with E-state index < -0.39 is 0 Å². The Kier molecular flexibility index (Phi) is 31.0. The number of carbonyl (C=O) groups is 1. The Hall–Kier alpha value is -2.83. The first-order valence-electron chi connectivity index (χ1n) is 18.8. The molecule has 1 saturated heterocycles. The molecule has 1 amide bonds. The molecule has 0 saturated carbocycles. The number of nitrogens with one attached hydrogen (secondary N) is 2. The van der Waals surface area contributed by atoms with Crippen molar-refractivity contribution in [1.82, 2.24) is 10.2 Å². The molecule has 3 unspecified atom stereocenters. The normalized spacial score (nSPS) is 13.8.